The molecule has 1 aliphatic heterocycles. The number of carbonyl (C=O) groups excluding carboxylic acids is 1. The van der Waals surface area contributed by atoms with E-state index in [1.165, 1.54) is 33.5 Å². The molecule has 0 fully saturated rings. The van der Waals surface area contributed by atoms with E-state index in [1.807, 2.05) is 18.2 Å². The number of allylic oxidation sites excluding steroid dienone is 1. The van der Waals surface area contributed by atoms with Gasteiger partial charge in [0.15, 0.2) is 23.0 Å². The molecule has 1 heterocycles. The Kier molecular flexibility index (Phi) is 8.78. The lowest BCUT2D eigenvalue weighted by Gasteiger charge is -2.27. The van der Waals surface area contributed by atoms with E-state index in [0.29, 0.717) is 52.6 Å². The molecule has 3 aromatic rings. The Balaban J connectivity index is 1.67. The van der Waals surface area contributed by atoms with Crippen LogP contribution in [0.3, 0.4) is 0 Å². The quantitative estimate of drug-likeness (QED) is 0.261. The van der Waals surface area contributed by atoms with E-state index in [2.05, 4.69) is 19.9 Å². The number of nitriles is 1. The van der Waals surface area contributed by atoms with Crippen LogP contribution in [0.4, 0.5) is 0 Å². The standard InChI is InChI=1S/C31H32N2O8/c1-17(2)16-39-23-10-7-18(11-25(23)35-3)28-21-9-8-20(14-24(21)41-30(33)22(28)15-32)40-31(34)19-12-26(36-4)29(38-6)27(13-19)37-5/h7-14,17,28H,16,33H2,1-6H3. The highest BCUT2D eigenvalue weighted by Gasteiger charge is 2.32. The lowest BCUT2D eigenvalue weighted by molar-refractivity contribution is 0.0733. The Labute approximate surface area is 238 Å². The van der Waals surface area contributed by atoms with Crippen molar-refractivity contribution in [1.29, 1.82) is 5.26 Å². The van der Waals surface area contributed by atoms with Crippen molar-refractivity contribution in [2.24, 2.45) is 11.7 Å². The second-order valence-corrected chi connectivity index (χ2v) is 9.54. The largest absolute Gasteiger partial charge is 0.493 e. The molecule has 4 rings (SSSR count). The van der Waals surface area contributed by atoms with Gasteiger partial charge in [-0.1, -0.05) is 26.0 Å². The van der Waals surface area contributed by atoms with Gasteiger partial charge in [0.25, 0.3) is 0 Å². The minimum atomic E-state index is -0.653. The predicted octanol–water partition coefficient (Wildman–Crippen LogP) is 5.19. The fraction of sp³-hybridized carbons (Fsp3) is 0.290. The molecule has 1 atom stereocenters. The SMILES string of the molecule is COc1cc(C2C(C#N)=C(N)Oc3cc(OC(=O)c4cc(OC)c(OC)c(OC)c4)ccc32)ccc1OCC(C)C. The summed E-state index contributed by atoms with van der Waals surface area (Å²) in [5.74, 6) is 1.77. The van der Waals surface area contributed by atoms with Crippen LogP contribution in [0, 0.1) is 17.2 Å². The highest BCUT2D eigenvalue weighted by Crippen LogP contribution is 2.45. The third-order valence-corrected chi connectivity index (χ3v) is 6.39. The Bertz CT molecular complexity index is 1500. The van der Waals surface area contributed by atoms with Crippen LogP contribution in [0.25, 0.3) is 0 Å². The van der Waals surface area contributed by atoms with E-state index in [1.54, 1.807) is 25.3 Å². The molecule has 0 amide bonds. The van der Waals surface area contributed by atoms with Gasteiger partial charge in [0.2, 0.25) is 11.6 Å². The van der Waals surface area contributed by atoms with Gasteiger partial charge in [-0.25, -0.2) is 4.79 Å². The first kappa shape index (κ1) is 29.0. The summed E-state index contributed by atoms with van der Waals surface area (Å²) in [7, 11) is 5.95. The molecule has 0 aromatic heterocycles. The van der Waals surface area contributed by atoms with Gasteiger partial charge in [-0.2, -0.15) is 5.26 Å². The van der Waals surface area contributed by atoms with Crippen LogP contribution in [-0.4, -0.2) is 41.0 Å². The molecule has 214 valence electrons. The summed E-state index contributed by atoms with van der Waals surface area (Å²) < 4.78 is 38.9. The fourth-order valence-electron chi connectivity index (χ4n) is 4.45. The number of fused-ring (bicyclic) bond motifs is 1. The van der Waals surface area contributed by atoms with E-state index in [0.717, 1.165) is 5.56 Å². The molecular weight excluding hydrogens is 528 g/mol. The summed E-state index contributed by atoms with van der Waals surface area (Å²) in [6.45, 7) is 4.65. The smallest absolute Gasteiger partial charge is 0.343 e. The Morgan fingerprint density at radius 1 is 0.927 bits per heavy atom. The maximum Gasteiger partial charge on any atom is 0.343 e. The number of benzene rings is 3. The van der Waals surface area contributed by atoms with Crippen molar-refractivity contribution in [3.8, 4) is 46.3 Å². The van der Waals surface area contributed by atoms with Crippen molar-refractivity contribution in [3.05, 3.63) is 76.7 Å². The molecule has 0 saturated carbocycles. The fourth-order valence-corrected chi connectivity index (χ4v) is 4.45. The minimum absolute atomic E-state index is 0.0443. The average Bonchev–Trinajstić information content (AvgIpc) is 2.98. The molecule has 41 heavy (non-hydrogen) atoms. The van der Waals surface area contributed by atoms with Crippen molar-refractivity contribution in [2.45, 2.75) is 19.8 Å². The zero-order valence-electron chi connectivity index (χ0n) is 23.8. The number of rotatable bonds is 10. The molecule has 10 nitrogen and oxygen atoms in total. The number of nitrogens with zero attached hydrogens (tertiary/aromatic N) is 1. The lowest BCUT2D eigenvalue weighted by atomic mass is 9.83. The molecule has 0 aliphatic carbocycles. The second kappa shape index (κ2) is 12.4. The van der Waals surface area contributed by atoms with Gasteiger partial charge in [-0.3, -0.25) is 0 Å². The number of ether oxygens (including phenoxy) is 7. The molecule has 1 unspecified atom stereocenters. The summed E-state index contributed by atoms with van der Waals surface area (Å²) in [6, 6.07) is 15.6. The molecular formula is C31H32N2O8. The van der Waals surface area contributed by atoms with Crippen molar-refractivity contribution >= 4 is 5.97 Å². The normalized spacial score (nSPS) is 14.0. The van der Waals surface area contributed by atoms with E-state index >= 15 is 0 Å². The van der Waals surface area contributed by atoms with Gasteiger partial charge in [-0.05, 0) is 41.8 Å². The van der Waals surface area contributed by atoms with E-state index in [4.69, 9.17) is 38.9 Å². The Hall–Kier alpha value is -5.04. The molecule has 10 heteroatoms. The summed E-state index contributed by atoms with van der Waals surface area (Å²) in [5, 5.41) is 9.95. The molecule has 0 radical (unpaired) electrons. The van der Waals surface area contributed by atoms with Crippen LogP contribution >= 0.6 is 0 Å². The number of nitrogens with two attached hydrogens (primary N) is 1. The first-order valence-corrected chi connectivity index (χ1v) is 12.8. The first-order valence-electron chi connectivity index (χ1n) is 12.8. The third kappa shape index (κ3) is 5.94. The maximum absolute atomic E-state index is 13.0. The number of carbonyl (C=O) groups is 1. The van der Waals surface area contributed by atoms with Crippen LogP contribution in [0.15, 0.2) is 60.0 Å². The van der Waals surface area contributed by atoms with E-state index in [9.17, 15) is 10.1 Å². The highest BCUT2D eigenvalue weighted by molar-refractivity contribution is 5.92. The summed E-state index contributed by atoms with van der Waals surface area (Å²) >= 11 is 0. The van der Waals surface area contributed by atoms with Gasteiger partial charge in [-0.15, -0.1) is 0 Å². The van der Waals surface area contributed by atoms with Gasteiger partial charge >= 0.3 is 5.97 Å². The molecule has 0 saturated heterocycles. The van der Waals surface area contributed by atoms with Crippen molar-refractivity contribution in [3.63, 3.8) is 0 Å². The van der Waals surface area contributed by atoms with Crippen LogP contribution < -0.4 is 38.9 Å². The van der Waals surface area contributed by atoms with Crippen molar-refractivity contribution < 1.29 is 38.0 Å². The van der Waals surface area contributed by atoms with Crippen LogP contribution in [-0.2, 0) is 0 Å². The summed E-state index contributed by atoms with van der Waals surface area (Å²) in [5.41, 5.74) is 8.04. The van der Waals surface area contributed by atoms with Gasteiger partial charge in [0.1, 0.15) is 23.1 Å². The minimum Gasteiger partial charge on any atom is -0.493 e. The average molecular weight is 561 g/mol. The van der Waals surface area contributed by atoms with Crippen LogP contribution in [0.2, 0.25) is 0 Å². The molecule has 2 N–H and O–H groups in total. The topological polar surface area (TPSA) is 131 Å². The van der Waals surface area contributed by atoms with Crippen molar-refractivity contribution in [1.82, 2.24) is 0 Å². The summed E-state index contributed by atoms with van der Waals surface area (Å²) in [6.07, 6.45) is 0. The second-order valence-electron chi connectivity index (χ2n) is 9.54. The highest BCUT2D eigenvalue weighted by atomic mass is 16.5. The zero-order chi connectivity index (χ0) is 29.7. The van der Waals surface area contributed by atoms with Crippen molar-refractivity contribution in [2.75, 3.05) is 35.0 Å². The molecule has 1 aliphatic rings. The monoisotopic (exact) mass is 560 g/mol. The number of hydrogen-bond acceptors (Lipinski definition) is 10. The van der Waals surface area contributed by atoms with Crippen LogP contribution in [0.1, 0.15) is 41.3 Å². The molecule has 0 spiro atoms. The number of hydrogen-bond donors (Lipinski definition) is 1. The summed E-state index contributed by atoms with van der Waals surface area (Å²) in [4.78, 5) is 13.0. The Morgan fingerprint density at radius 3 is 2.20 bits per heavy atom. The van der Waals surface area contributed by atoms with Crippen LogP contribution in [0.5, 0.6) is 40.2 Å². The zero-order valence-corrected chi connectivity index (χ0v) is 23.8. The van der Waals surface area contributed by atoms with Gasteiger partial charge in [0.05, 0.1) is 46.5 Å². The molecule has 3 aromatic carbocycles. The van der Waals surface area contributed by atoms with E-state index < -0.39 is 11.9 Å². The van der Waals surface area contributed by atoms with E-state index in [-0.39, 0.29) is 22.8 Å². The maximum atomic E-state index is 13.0. The molecule has 0 bridgehead atoms. The third-order valence-electron chi connectivity index (χ3n) is 6.39. The lowest BCUT2D eigenvalue weighted by Crippen LogP contribution is -2.21. The van der Waals surface area contributed by atoms with Gasteiger partial charge < -0.3 is 38.9 Å². The number of methoxy groups -OCH3 is 4. The first-order chi connectivity index (χ1) is 19.7. The Morgan fingerprint density at radius 2 is 1.61 bits per heavy atom. The number of esters is 1. The predicted molar refractivity (Wildman–Crippen MR) is 150 cm³/mol. The van der Waals surface area contributed by atoms with Gasteiger partial charge in [0, 0.05) is 11.6 Å².